The van der Waals surface area contributed by atoms with Crippen LogP contribution in [0.15, 0.2) is 30.3 Å². The van der Waals surface area contributed by atoms with E-state index < -0.39 is 0 Å². The van der Waals surface area contributed by atoms with Gasteiger partial charge in [0.15, 0.2) is 6.29 Å². The van der Waals surface area contributed by atoms with Crippen LogP contribution < -0.4 is 5.30 Å². The molecule has 0 bridgehead atoms. The van der Waals surface area contributed by atoms with Crippen molar-refractivity contribution < 1.29 is 9.47 Å². The van der Waals surface area contributed by atoms with E-state index in [2.05, 4.69) is 30.3 Å². The number of hydrogen-bond acceptors (Lipinski definition) is 2. The van der Waals surface area contributed by atoms with Gasteiger partial charge in [-0.15, -0.1) is 0 Å². The highest BCUT2D eigenvalue weighted by atomic mass is 31.1. The summed E-state index contributed by atoms with van der Waals surface area (Å²) in [5.41, 5.74) is 0. The highest BCUT2D eigenvalue weighted by Crippen LogP contribution is 2.16. The summed E-state index contributed by atoms with van der Waals surface area (Å²) in [6.07, 6.45) is 2.24. The van der Waals surface area contributed by atoms with Crippen LogP contribution in [0.2, 0.25) is 0 Å². The number of rotatable bonds is 4. The molecule has 0 N–H and O–H groups in total. The Kier molecular flexibility index (Phi) is 3.93. The first-order valence-corrected chi connectivity index (χ1v) is 6.18. The minimum Gasteiger partial charge on any atom is -0.350 e. The molecule has 1 atom stereocenters. The van der Waals surface area contributed by atoms with Gasteiger partial charge in [0, 0.05) is 6.42 Å². The van der Waals surface area contributed by atoms with E-state index in [1.54, 1.807) is 0 Å². The molecule has 1 fully saturated rings. The summed E-state index contributed by atoms with van der Waals surface area (Å²) in [6, 6.07) is 10.6. The van der Waals surface area contributed by atoms with Crippen LogP contribution >= 0.6 is 8.58 Å². The molecule has 14 heavy (non-hydrogen) atoms. The smallest absolute Gasteiger partial charge is 0.158 e. The van der Waals surface area contributed by atoms with Gasteiger partial charge in [-0.1, -0.05) is 38.9 Å². The van der Waals surface area contributed by atoms with Gasteiger partial charge >= 0.3 is 0 Å². The highest BCUT2D eigenvalue weighted by molar-refractivity contribution is 7.47. The van der Waals surface area contributed by atoms with Gasteiger partial charge in [-0.25, -0.2) is 0 Å². The van der Waals surface area contributed by atoms with E-state index in [1.807, 2.05) is 0 Å². The predicted octanol–water partition coefficient (Wildman–Crippen LogP) is 1.75. The van der Waals surface area contributed by atoms with Gasteiger partial charge in [-0.3, -0.25) is 0 Å². The molecule has 0 aliphatic carbocycles. The van der Waals surface area contributed by atoms with Crippen molar-refractivity contribution in [3.05, 3.63) is 30.3 Å². The number of ether oxygens (including phenoxy) is 2. The second-order valence-corrected chi connectivity index (χ2v) is 4.68. The van der Waals surface area contributed by atoms with Crippen molar-refractivity contribution in [1.82, 2.24) is 0 Å². The highest BCUT2D eigenvalue weighted by Gasteiger charge is 2.14. The Balaban J connectivity index is 1.67. The molecule has 2 rings (SSSR count). The number of hydrogen-bond donors (Lipinski definition) is 0. The molecule has 1 saturated heterocycles. The predicted molar refractivity (Wildman–Crippen MR) is 59.6 cm³/mol. The Morgan fingerprint density at radius 1 is 1.14 bits per heavy atom. The topological polar surface area (TPSA) is 18.5 Å². The van der Waals surface area contributed by atoms with Crippen molar-refractivity contribution in [2.45, 2.75) is 12.7 Å². The second-order valence-electron chi connectivity index (χ2n) is 3.25. The maximum Gasteiger partial charge on any atom is 0.158 e. The van der Waals surface area contributed by atoms with E-state index in [4.69, 9.17) is 9.47 Å². The third kappa shape index (κ3) is 3.06. The Labute approximate surface area is 86.4 Å². The van der Waals surface area contributed by atoms with Crippen LogP contribution in [-0.4, -0.2) is 25.7 Å². The minimum atomic E-state index is 0.0613. The standard InChI is InChI=1S/C11H15O2P/c1-2-4-10(5-3-1)14-9-6-11-12-7-8-13-11/h1-5,11,14H,6-9H2. The molecule has 1 aromatic carbocycles. The molecule has 0 radical (unpaired) electrons. The van der Waals surface area contributed by atoms with Gasteiger partial charge in [0.05, 0.1) is 13.2 Å². The Morgan fingerprint density at radius 3 is 2.57 bits per heavy atom. The van der Waals surface area contributed by atoms with E-state index in [1.165, 1.54) is 5.30 Å². The third-order valence-corrected chi connectivity index (χ3v) is 3.45. The molecule has 2 nitrogen and oxygen atoms in total. The van der Waals surface area contributed by atoms with Gasteiger partial charge in [0.2, 0.25) is 0 Å². The van der Waals surface area contributed by atoms with E-state index in [9.17, 15) is 0 Å². The van der Waals surface area contributed by atoms with E-state index in [0.717, 1.165) is 34.4 Å². The lowest BCUT2D eigenvalue weighted by molar-refractivity contribution is -0.0422. The molecule has 3 heteroatoms. The summed E-state index contributed by atoms with van der Waals surface area (Å²) in [4.78, 5) is 0. The lowest BCUT2D eigenvalue weighted by atomic mass is 10.4. The van der Waals surface area contributed by atoms with Gasteiger partial charge in [-0.05, 0) is 11.5 Å². The maximum absolute atomic E-state index is 5.37. The fraction of sp³-hybridized carbons (Fsp3) is 0.455. The summed E-state index contributed by atoms with van der Waals surface area (Å²) >= 11 is 0. The lowest BCUT2D eigenvalue weighted by Crippen LogP contribution is -2.09. The SMILES string of the molecule is c1ccc(PCCC2OCCO2)cc1. The van der Waals surface area contributed by atoms with E-state index in [0.29, 0.717) is 0 Å². The molecular weight excluding hydrogens is 195 g/mol. The normalized spacial score (nSPS) is 18.3. The zero-order valence-electron chi connectivity index (χ0n) is 8.11. The van der Waals surface area contributed by atoms with Crippen LogP contribution in [0.1, 0.15) is 6.42 Å². The van der Waals surface area contributed by atoms with Gasteiger partial charge < -0.3 is 9.47 Å². The first-order valence-electron chi connectivity index (χ1n) is 4.97. The van der Waals surface area contributed by atoms with Crippen LogP contribution in [0.4, 0.5) is 0 Å². The molecule has 1 aliphatic heterocycles. The average Bonchev–Trinajstić information content (AvgIpc) is 2.72. The first-order chi connectivity index (χ1) is 6.95. The zero-order chi connectivity index (χ0) is 9.64. The maximum atomic E-state index is 5.37. The Bertz CT molecular complexity index is 257. The van der Waals surface area contributed by atoms with Crippen molar-refractivity contribution in [2.24, 2.45) is 0 Å². The van der Waals surface area contributed by atoms with Gasteiger partial charge in [-0.2, -0.15) is 0 Å². The fourth-order valence-corrected chi connectivity index (χ4v) is 2.56. The largest absolute Gasteiger partial charge is 0.350 e. The van der Waals surface area contributed by atoms with Crippen molar-refractivity contribution >= 4 is 13.9 Å². The fourth-order valence-electron chi connectivity index (χ4n) is 1.46. The van der Waals surface area contributed by atoms with E-state index >= 15 is 0 Å². The van der Waals surface area contributed by atoms with Crippen LogP contribution in [0.5, 0.6) is 0 Å². The Hall–Kier alpha value is -0.430. The van der Waals surface area contributed by atoms with Gasteiger partial charge in [0.25, 0.3) is 0 Å². The van der Waals surface area contributed by atoms with Crippen LogP contribution in [0.3, 0.4) is 0 Å². The zero-order valence-corrected chi connectivity index (χ0v) is 9.11. The third-order valence-electron chi connectivity index (χ3n) is 2.17. The Morgan fingerprint density at radius 2 is 1.86 bits per heavy atom. The molecule has 0 saturated carbocycles. The first kappa shape index (κ1) is 10.1. The summed E-state index contributed by atoms with van der Waals surface area (Å²) < 4.78 is 10.7. The van der Waals surface area contributed by atoms with Crippen LogP contribution in [0.25, 0.3) is 0 Å². The van der Waals surface area contributed by atoms with E-state index in [-0.39, 0.29) is 6.29 Å². The summed E-state index contributed by atoms with van der Waals surface area (Å²) in [7, 11) is 0.871. The molecule has 1 aromatic rings. The van der Waals surface area contributed by atoms with Crippen molar-refractivity contribution in [2.75, 3.05) is 19.4 Å². The second kappa shape index (κ2) is 5.45. The van der Waals surface area contributed by atoms with Gasteiger partial charge in [0.1, 0.15) is 0 Å². The monoisotopic (exact) mass is 210 g/mol. The lowest BCUT2D eigenvalue weighted by Gasteiger charge is -2.08. The molecular formula is C11H15O2P. The van der Waals surface area contributed by atoms with Crippen molar-refractivity contribution in [1.29, 1.82) is 0 Å². The average molecular weight is 210 g/mol. The van der Waals surface area contributed by atoms with Crippen molar-refractivity contribution in [3.8, 4) is 0 Å². The molecule has 1 unspecified atom stereocenters. The van der Waals surface area contributed by atoms with Crippen LogP contribution in [0, 0.1) is 0 Å². The molecule has 1 heterocycles. The summed E-state index contributed by atoms with van der Waals surface area (Å²) in [5.74, 6) is 0. The summed E-state index contributed by atoms with van der Waals surface area (Å²) in [5, 5.41) is 1.42. The molecule has 0 amide bonds. The molecule has 0 spiro atoms. The molecule has 76 valence electrons. The van der Waals surface area contributed by atoms with Crippen molar-refractivity contribution in [3.63, 3.8) is 0 Å². The number of benzene rings is 1. The summed E-state index contributed by atoms with van der Waals surface area (Å²) in [6.45, 7) is 1.53. The quantitative estimate of drug-likeness (QED) is 0.705. The minimum absolute atomic E-state index is 0.0613. The molecule has 1 aliphatic rings. The molecule has 0 aromatic heterocycles. The van der Waals surface area contributed by atoms with Crippen LogP contribution in [-0.2, 0) is 9.47 Å².